The molecular weight excluding hydrogens is 515 g/mol. The monoisotopic (exact) mass is 548 g/mol. The first-order valence-corrected chi connectivity index (χ1v) is 13.5. The van der Waals surface area contributed by atoms with Crippen LogP contribution >= 0.6 is 0 Å². The number of carbonyl (C=O) groups is 1. The number of anilines is 1. The van der Waals surface area contributed by atoms with E-state index in [1.807, 2.05) is 42.2 Å². The van der Waals surface area contributed by atoms with E-state index in [1.165, 1.54) is 6.33 Å². The van der Waals surface area contributed by atoms with E-state index < -0.39 is 17.6 Å². The quantitative estimate of drug-likeness (QED) is 0.286. The van der Waals surface area contributed by atoms with E-state index in [-0.39, 0.29) is 37.9 Å². The summed E-state index contributed by atoms with van der Waals surface area (Å²) >= 11 is 0. The third-order valence-corrected chi connectivity index (χ3v) is 7.96. The fourth-order valence-electron chi connectivity index (χ4n) is 5.59. The summed E-state index contributed by atoms with van der Waals surface area (Å²) in [6.07, 6.45) is 8.10. The molecule has 11 nitrogen and oxygen atoms in total. The molecular formula is C28H33FN8O3. The van der Waals surface area contributed by atoms with Crippen molar-refractivity contribution in [1.82, 2.24) is 29.2 Å². The minimum atomic E-state index is -1.39. The van der Waals surface area contributed by atoms with Crippen LogP contribution in [0.15, 0.2) is 49.2 Å². The number of amides is 1. The first-order chi connectivity index (χ1) is 19.2. The molecule has 0 radical (unpaired) electrons. The molecule has 12 heteroatoms. The number of piperidine rings is 1. The summed E-state index contributed by atoms with van der Waals surface area (Å²) in [6.45, 7) is 1.13. The lowest BCUT2D eigenvalue weighted by Gasteiger charge is -2.42. The number of hydrogen-bond donors (Lipinski definition) is 3. The molecule has 2 fully saturated rings. The van der Waals surface area contributed by atoms with Gasteiger partial charge in [0.1, 0.15) is 29.2 Å². The molecule has 1 saturated heterocycles. The second-order valence-corrected chi connectivity index (χ2v) is 11.0. The molecule has 2 atom stereocenters. The van der Waals surface area contributed by atoms with E-state index in [4.69, 9.17) is 5.73 Å². The Morgan fingerprint density at radius 1 is 1.25 bits per heavy atom. The number of primary amides is 1. The topological polar surface area (TPSA) is 139 Å². The molecule has 1 aliphatic heterocycles. The lowest BCUT2D eigenvalue weighted by molar-refractivity contribution is -0.135. The van der Waals surface area contributed by atoms with Gasteiger partial charge in [0.25, 0.3) is 0 Å². The zero-order valence-corrected chi connectivity index (χ0v) is 22.3. The van der Waals surface area contributed by atoms with Crippen molar-refractivity contribution in [1.29, 1.82) is 0 Å². The largest absolute Gasteiger partial charge is 0.389 e. The van der Waals surface area contributed by atoms with Crippen molar-refractivity contribution in [3.05, 3.63) is 60.6 Å². The van der Waals surface area contributed by atoms with Gasteiger partial charge < -0.3 is 25.4 Å². The molecule has 1 amide bonds. The van der Waals surface area contributed by atoms with Crippen molar-refractivity contribution < 1.29 is 19.4 Å². The van der Waals surface area contributed by atoms with Gasteiger partial charge in [0.2, 0.25) is 5.91 Å². The number of likely N-dealkylation sites (tertiary alicyclic amines) is 1. The standard InChI is InChI=1S/C28H33FN8O3/c1-34-12-20(11-33-34)18-2-3-19(23(29)10-18)13-37(21-4-5-21)27-22-6-8-36(26(22)31-17-32-27)16-28(40)7-9-35(14-24(28)38)15-25(30)39/h2-3,6,8,10-12,17,21,24,38,40H,4-5,7,9,13-16H2,1H3,(H2,30,39). The number of nitrogens with zero attached hydrogens (tertiary/aromatic N) is 7. The van der Waals surface area contributed by atoms with Gasteiger partial charge in [-0.2, -0.15) is 5.10 Å². The van der Waals surface area contributed by atoms with Crippen LogP contribution in [0.5, 0.6) is 0 Å². The number of benzene rings is 1. The number of hydrogen-bond acceptors (Lipinski definition) is 8. The van der Waals surface area contributed by atoms with Crippen LogP contribution in [0.2, 0.25) is 0 Å². The number of fused-ring (bicyclic) bond motifs is 1. The van der Waals surface area contributed by atoms with Gasteiger partial charge in [0.15, 0.2) is 0 Å². The van der Waals surface area contributed by atoms with E-state index in [9.17, 15) is 15.0 Å². The molecule has 2 aliphatic rings. The predicted molar refractivity (Wildman–Crippen MR) is 147 cm³/mol. The zero-order valence-electron chi connectivity index (χ0n) is 22.3. The second kappa shape index (κ2) is 10.3. The van der Waals surface area contributed by atoms with Crippen LogP contribution in [0.25, 0.3) is 22.2 Å². The second-order valence-electron chi connectivity index (χ2n) is 11.0. The molecule has 1 saturated carbocycles. The maximum Gasteiger partial charge on any atom is 0.231 e. The maximum absolute atomic E-state index is 15.3. The minimum absolute atomic E-state index is 0.0416. The van der Waals surface area contributed by atoms with Crippen LogP contribution in [0.3, 0.4) is 0 Å². The van der Waals surface area contributed by atoms with Gasteiger partial charge in [0.05, 0.1) is 30.8 Å². The summed E-state index contributed by atoms with van der Waals surface area (Å²) in [6, 6.07) is 7.43. The summed E-state index contributed by atoms with van der Waals surface area (Å²) in [5.74, 6) is -0.0395. The molecule has 1 aliphatic carbocycles. The van der Waals surface area contributed by atoms with E-state index >= 15 is 4.39 Å². The highest BCUT2D eigenvalue weighted by Crippen LogP contribution is 2.37. The molecule has 210 valence electrons. The Morgan fingerprint density at radius 2 is 2.08 bits per heavy atom. The smallest absolute Gasteiger partial charge is 0.231 e. The highest BCUT2D eigenvalue weighted by molar-refractivity contribution is 5.88. The first-order valence-electron chi connectivity index (χ1n) is 13.5. The minimum Gasteiger partial charge on any atom is -0.389 e. The number of carbonyl (C=O) groups excluding carboxylic acids is 1. The Balaban J connectivity index is 1.24. The molecule has 6 rings (SSSR count). The summed E-state index contributed by atoms with van der Waals surface area (Å²) in [4.78, 5) is 24.2. The fourth-order valence-corrected chi connectivity index (χ4v) is 5.59. The Labute approximate surface area is 230 Å². The lowest BCUT2D eigenvalue weighted by Crippen LogP contribution is -2.58. The molecule has 3 aromatic heterocycles. The van der Waals surface area contributed by atoms with E-state index in [1.54, 1.807) is 21.8 Å². The van der Waals surface area contributed by atoms with E-state index in [0.29, 0.717) is 30.1 Å². The van der Waals surface area contributed by atoms with Crippen LogP contribution in [-0.4, -0.2) is 82.7 Å². The highest BCUT2D eigenvalue weighted by Gasteiger charge is 2.41. The Hall–Kier alpha value is -3.87. The lowest BCUT2D eigenvalue weighted by atomic mass is 9.88. The molecule has 4 aromatic rings. The molecule has 2 unspecified atom stereocenters. The van der Waals surface area contributed by atoms with Crippen LogP contribution in [0, 0.1) is 5.82 Å². The van der Waals surface area contributed by atoms with Crippen molar-refractivity contribution in [3.8, 4) is 11.1 Å². The van der Waals surface area contributed by atoms with Gasteiger partial charge in [-0.15, -0.1) is 0 Å². The zero-order chi connectivity index (χ0) is 28.0. The number of aliphatic hydroxyl groups excluding tert-OH is 1. The number of aromatic nitrogens is 5. The molecule has 4 heterocycles. The van der Waals surface area contributed by atoms with Gasteiger partial charge in [-0.25, -0.2) is 14.4 Å². The Bertz CT molecular complexity index is 1550. The van der Waals surface area contributed by atoms with Gasteiger partial charge >= 0.3 is 0 Å². The molecule has 1 aromatic carbocycles. The highest BCUT2D eigenvalue weighted by atomic mass is 19.1. The number of aryl methyl sites for hydroxylation is 1. The van der Waals surface area contributed by atoms with Crippen molar-refractivity contribution in [2.75, 3.05) is 24.5 Å². The van der Waals surface area contributed by atoms with Gasteiger partial charge in [-0.3, -0.25) is 14.4 Å². The van der Waals surface area contributed by atoms with Crippen molar-refractivity contribution in [2.24, 2.45) is 12.8 Å². The third kappa shape index (κ3) is 5.17. The number of nitrogens with two attached hydrogens (primary N) is 1. The SMILES string of the molecule is Cn1cc(-c2ccc(CN(c3ncnc4c3ccn4CC3(O)CCN(CC(N)=O)CC3O)C3CC3)c(F)c2)cn1. The number of aliphatic hydroxyl groups is 2. The summed E-state index contributed by atoms with van der Waals surface area (Å²) in [5, 5.41) is 27.0. The maximum atomic E-state index is 15.3. The fraction of sp³-hybridized carbons (Fsp3) is 0.429. The summed E-state index contributed by atoms with van der Waals surface area (Å²) in [7, 11) is 1.83. The van der Waals surface area contributed by atoms with Crippen LogP contribution in [-0.2, 0) is 24.9 Å². The van der Waals surface area contributed by atoms with Crippen LogP contribution in [0.4, 0.5) is 10.2 Å². The van der Waals surface area contributed by atoms with Crippen molar-refractivity contribution in [3.63, 3.8) is 0 Å². The summed E-state index contributed by atoms with van der Waals surface area (Å²) < 4.78 is 18.8. The molecule has 4 N–H and O–H groups in total. The van der Waals surface area contributed by atoms with Crippen LogP contribution < -0.4 is 10.6 Å². The number of β-amino-alcohol motifs (C(OH)–C–C–N with tert-alkyl or cyclic N) is 1. The van der Waals surface area contributed by atoms with Gasteiger partial charge in [-0.1, -0.05) is 12.1 Å². The van der Waals surface area contributed by atoms with Gasteiger partial charge in [-0.05, 0) is 37.0 Å². The van der Waals surface area contributed by atoms with E-state index in [0.717, 1.165) is 29.4 Å². The molecule has 40 heavy (non-hydrogen) atoms. The summed E-state index contributed by atoms with van der Waals surface area (Å²) in [5.41, 5.74) is 6.73. The molecule has 0 bridgehead atoms. The number of halogens is 1. The van der Waals surface area contributed by atoms with Crippen molar-refractivity contribution in [2.45, 2.75) is 50.1 Å². The Kier molecular flexibility index (Phi) is 6.77. The van der Waals surface area contributed by atoms with Crippen LogP contribution in [0.1, 0.15) is 24.8 Å². The average molecular weight is 549 g/mol. The molecule has 0 spiro atoms. The van der Waals surface area contributed by atoms with Gasteiger partial charge in [0, 0.05) is 56.2 Å². The number of rotatable bonds is 9. The predicted octanol–water partition coefficient (Wildman–Crippen LogP) is 1.42. The Morgan fingerprint density at radius 3 is 2.75 bits per heavy atom. The van der Waals surface area contributed by atoms with E-state index in [2.05, 4.69) is 20.0 Å². The average Bonchev–Trinajstić information content (AvgIpc) is 3.54. The third-order valence-electron chi connectivity index (χ3n) is 7.96. The normalized spacial score (nSPS) is 21.6. The van der Waals surface area contributed by atoms with Crippen molar-refractivity contribution >= 4 is 22.8 Å². The first kappa shape index (κ1) is 26.4.